The third-order valence-electron chi connectivity index (χ3n) is 5.65. The third kappa shape index (κ3) is 4.05. The van der Waals surface area contributed by atoms with E-state index in [-0.39, 0.29) is 11.9 Å². The average molecular weight is 431 g/mol. The largest absolute Gasteiger partial charge is 0.466 e. The van der Waals surface area contributed by atoms with Crippen molar-refractivity contribution in [1.82, 2.24) is 14.8 Å². The molecule has 0 saturated carbocycles. The quantitative estimate of drug-likeness (QED) is 0.343. The summed E-state index contributed by atoms with van der Waals surface area (Å²) in [5.74, 6) is 1.56. The molecule has 0 N–H and O–H groups in total. The Hall–Kier alpha value is -3.41. The second kappa shape index (κ2) is 8.99. The van der Waals surface area contributed by atoms with E-state index < -0.39 is 0 Å². The number of rotatable bonds is 7. The van der Waals surface area contributed by atoms with Gasteiger partial charge in [-0.15, -0.1) is 0 Å². The summed E-state index contributed by atoms with van der Waals surface area (Å²) in [5.41, 5.74) is 3.83. The van der Waals surface area contributed by atoms with Crippen LogP contribution in [0.25, 0.3) is 22.3 Å². The number of hydrogen-bond donors (Lipinski definition) is 0. The van der Waals surface area contributed by atoms with Crippen LogP contribution >= 0.6 is 0 Å². The Morgan fingerprint density at radius 3 is 2.53 bits per heavy atom. The highest BCUT2D eigenvalue weighted by Gasteiger charge is 2.24. The predicted octanol–water partition coefficient (Wildman–Crippen LogP) is 6.34. The molecule has 0 aliphatic carbocycles. The number of nitrogens with zero attached hydrogens (tertiary/aromatic N) is 4. The number of hydrogen-bond acceptors (Lipinski definition) is 4. The molecule has 0 spiro atoms. The second-order valence-electron chi connectivity index (χ2n) is 8.45. The first kappa shape index (κ1) is 21.8. The van der Waals surface area contributed by atoms with Gasteiger partial charge in [0, 0.05) is 23.8 Å². The molecule has 0 fully saturated rings. The minimum atomic E-state index is -0.0422. The molecule has 0 aliphatic heterocycles. The number of anilines is 1. The van der Waals surface area contributed by atoms with Gasteiger partial charge in [-0.05, 0) is 58.4 Å². The third-order valence-corrected chi connectivity index (χ3v) is 5.65. The van der Waals surface area contributed by atoms with Crippen molar-refractivity contribution in [3.63, 3.8) is 0 Å². The lowest BCUT2D eigenvalue weighted by molar-refractivity contribution is 0.0988. The molecule has 3 heterocycles. The number of unbranched alkanes of at least 4 members (excludes halogenated alkanes) is 1. The van der Waals surface area contributed by atoms with Gasteiger partial charge >= 0.3 is 0 Å². The minimum Gasteiger partial charge on any atom is -0.466 e. The molecule has 6 nitrogen and oxygen atoms in total. The summed E-state index contributed by atoms with van der Waals surface area (Å²) in [7, 11) is 0. The molecule has 32 heavy (non-hydrogen) atoms. The summed E-state index contributed by atoms with van der Waals surface area (Å²) < 4.78 is 7.62. The SMILES string of the molecule is CCCCN(C(=O)c1cc(-c2cc(C)oc2C)nc2c1cnn2C(C)C)c1ccccc1. The number of furan rings is 1. The minimum absolute atomic E-state index is 0.0422. The molecule has 4 rings (SSSR count). The molecular weight excluding hydrogens is 400 g/mol. The lowest BCUT2D eigenvalue weighted by Gasteiger charge is -2.23. The highest BCUT2D eigenvalue weighted by atomic mass is 16.3. The zero-order chi connectivity index (χ0) is 22.8. The Bertz CT molecular complexity index is 1240. The van der Waals surface area contributed by atoms with Gasteiger partial charge in [0.05, 0.1) is 22.8 Å². The van der Waals surface area contributed by atoms with E-state index in [2.05, 4.69) is 25.9 Å². The molecule has 166 valence electrons. The molecular formula is C26H30N4O2. The van der Waals surface area contributed by atoms with E-state index in [9.17, 15) is 4.79 Å². The van der Waals surface area contributed by atoms with Gasteiger partial charge < -0.3 is 9.32 Å². The Morgan fingerprint density at radius 1 is 1.16 bits per heavy atom. The topological polar surface area (TPSA) is 64.2 Å². The zero-order valence-corrected chi connectivity index (χ0v) is 19.4. The molecule has 0 unspecified atom stereocenters. The van der Waals surface area contributed by atoms with Crippen molar-refractivity contribution in [1.29, 1.82) is 0 Å². The van der Waals surface area contributed by atoms with Gasteiger partial charge in [-0.25, -0.2) is 9.67 Å². The van der Waals surface area contributed by atoms with Crippen LogP contribution in [0, 0.1) is 13.8 Å². The predicted molar refractivity (Wildman–Crippen MR) is 128 cm³/mol. The fourth-order valence-electron chi connectivity index (χ4n) is 4.01. The molecule has 0 aliphatic rings. The van der Waals surface area contributed by atoms with E-state index in [0.29, 0.717) is 17.8 Å². The van der Waals surface area contributed by atoms with Crippen LogP contribution in [0.1, 0.15) is 61.5 Å². The monoisotopic (exact) mass is 430 g/mol. The van der Waals surface area contributed by atoms with Crippen LogP contribution in [0.2, 0.25) is 0 Å². The number of aryl methyl sites for hydroxylation is 2. The summed E-state index contributed by atoms with van der Waals surface area (Å²) in [6.45, 7) is 10.8. The fraction of sp³-hybridized carbons (Fsp3) is 0.346. The molecule has 1 aromatic carbocycles. The van der Waals surface area contributed by atoms with E-state index in [0.717, 1.165) is 46.7 Å². The van der Waals surface area contributed by atoms with Crippen LogP contribution in [-0.2, 0) is 0 Å². The van der Waals surface area contributed by atoms with Gasteiger partial charge in [0.15, 0.2) is 5.65 Å². The van der Waals surface area contributed by atoms with Gasteiger partial charge in [-0.1, -0.05) is 31.5 Å². The van der Waals surface area contributed by atoms with Crippen LogP contribution < -0.4 is 4.90 Å². The first-order valence-electron chi connectivity index (χ1n) is 11.2. The molecule has 0 atom stereocenters. The summed E-state index contributed by atoms with van der Waals surface area (Å²) in [6.07, 6.45) is 3.69. The van der Waals surface area contributed by atoms with Crippen molar-refractivity contribution >= 4 is 22.6 Å². The average Bonchev–Trinajstić information content (AvgIpc) is 3.36. The normalized spacial score (nSPS) is 11.4. The maximum absolute atomic E-state index is 14.0. The van der Waals surface area contributed by atoms with Crippen LogP contribution in [0.4, 0.5) is 5.69 Å². The summed E-state index contributed by atoms with van der Waals surface area (Å²) in [5, 5.41) is 5.32. The van der Waals surface area contributed by atoms with Gasteiger partial charge in [-0.2, -0.15) is 5.10 Å². The standard InChI is InChI=1S/C26H30N4O2/c1-6-7-13-29(20-11-9-8-10-12-20)26(31)22-15-24(21-14-18(4)32-19(21)5)28-25-23(22)16-27-30(25)17(2)3/h8-12,14-17H,6-7,13H2,1-5H3. The lowest BCUT2D eigenvalue weighted by Crippen LogP contribution is -2.32. The van der Waals surface area contributed by atoms with Crippen LogP contribution in [0.15, 0.2) is 53.1 Å². The Kier molecular flexibility index (Phi) is 6.12. The van der Waals surface area contributed by atoms with Crippen molar-refractivity contribution < 1.29 is 9.21 Å². The number of para-hydroxylation sites is 1. The van der Waals surface area contributed by atoms with Gasteiger partial charge in [0.25, 0.3) is 5.91 Å². The van der Waals surface area contributed by atoms with E-state index in [1.54, 1.807) is 6.20 Å². The second-order valence-corrected chi connectivity index (χ2v) is 8.45. The number of carbonyl (C=O) groups excluding carboxylic acids is 1. The number of carbonyl (C=O) groups is 1. The van der Waals surface area contributed by atoms with Crippen LogP contribution in [0.3, 0.4) is 0 Å². The van der Waals surface area contributed by atoms with Crippen molar-refractivity contribution in [2.24, 2.45) is 0 Å². The van der Waals surface area contributed by atoms with Gasteiger partial charge in [-0.3, -0.25) is 4.79 Å². The maximum Gasteiger partial charge on any atom is 0.259 e. The fourth-order valence-corrected chi connectivity index (χ4v) is 4.01. The van der Waals surface area contributed by atoms with E-state index in [1.165, 1.54) is 0 Å². The molecule has 6 heteroatoms. The summed E-state index contributed by atoms with van der Waals surface area (Å²) >= 11 is 0. The number of amides is 1. The van der Waals surface area contributed by atoms with E-state index >= 15 is 0 Å². The lowest BCUT2D eigenvalue weighted by atomic mass is 10.1. The summed E-state index contributed by atoms with van der Waals surface area (Å²) in [4.78, 5) is 20.7. The van der Waals surface area contributed by atoms with Crippen LogP contribution in [0.5, 0.6) is 0 Å². The van der Waals surface area contributed by atoms with Gasteiger partial charge in [0.1, 0.15) is 11.5 Å². The highest BCUT2D eigenvalue weighted by Crippen LogP contribution is 2.31. The highest BCUT2D eigenvalue weighted by molar-refractivity contribution is 6.13. The number of fused-ring (bicyclic) bond motifs is 1. The summed E-state index contributed by atoms with van der Waals surface area (Å²) in [6, 6.07) is 13.8. The maximum atomic E-state index is 14.0. The molecule has 3 aromatic heterocycles. The first-order valence-corrected chi connectivity index (χ1v) is 11.2. The van der Waals surface area contributed by atoms with Crippen LogP contribution in [-0.4, -0.2) is 27.2 Å². The zero-order valence-electron chi connectivity index (χ0n) is 19.4. The molecule has 0 bridgehead atoms. The molecule has 0 radical (unpaired) electrons. The molecule has 0 saturated heterocycles. The first-order chi connectivity index (χ1) is 15.4. The molecule has 4 aromatic rings. The van der Waals surface area contributed by atoms with Crippen molar-refractivity contribution in [2.45, 2.75) is 53.5 Å². The van der Waals surface area contributed by atoms with Crippen molar-refractivity contribution in [3.05, 3.63) is 65.7 Å². The smallest absolute Gasteiger partial charge is 0.259 e. The van der Waals surface area contributed by atoms with Crippen molar-refractivity contribution in [3.8, 4) is 11.3 Å². The number of benzene rings is 1. The van der Waals surface area contributed by atoms with E-state index in [4.69, 9.17) is 9.40 Å². The number of pyridine rings is 1. The van der Waals surface area contributed by atoms with Gasteiger partial charge in [0.2, 0.25) is 0 Å². The van der Waals surface area contributed by atoms with Crippen molar-refractivity contribution in [2.75, 3.05) is 11.4 Å². The van der Waals surface area contributed by atoms with E-state index in [1.807, 2.05) is 65.9 Å². The Labute approximate surface area is 188 Å². The Morgan fingerprint density at radius 2 is 1.91 bits per heavy atom. The Balaban J connectivity index is 1.91. The molecule has 1 amide bonds. The number of aromatic nitrogens is 3.